The van der Waals surface area contributed by atoms with Crippen LogP contribution in [0.2, 0.25) is 0 Å². The highest BCUT2D eigenvalue weighted by atomic mass is 16.5. The fourth-order valence-electron chi connectivity index (χ4n) is 0.854. The number of rotatable bonds is 5. The van der Waals surface area contributed by atoms with Crippen molar-refractivity contribution in [3.63, 3.8) is 0 Å². The quantitative estimate of drug-likeness (QED) is 0.743. The van der Waals surface area contributed by atoms with E-state index in [0.717, 1.165) is 0 Å². The maximum absolute atomic E-state index is 4.94. The monoisotopic (exact) mass is 185 g/mol. The van der Waals surface area contributed by atoms with E-state index in [0.29, 0.717) is 30.9 Å². The lowest BCUT2D eigenvalue weighted by Gasteiger charge is -2.01. The maximum atomic E-state index is 4.94. The lowest BCUT2D eigenvalue weighted by molar-refractivity contribution is 0.199. The van der Waals surface area contributed by atoms with E-state index in [4.69, 9.17) is 9.26 Å². The Morgan fingerprint density at radius 2 is 2.31 bits per heavy atom. The van der Waals surface area contributed by atoms with Gasteiger partial charge in [0.1, 0.15) is 0 Å². The van der Waals surface area contributed by atoms with Crippen molar-refractivity contribution in [3.05, 3.63) is 5.82 Å². The SMILES string of the molecule is COCCc1noc(NC(C)C)n1. The summed E-state index contributed by atoms with van der Waals surface area (Å²) in [6.45, 7) is 4.64. The van der Waals surface area contributed by atoms with Gasteiger partial charge in [-0.15, -0.1) is 0 Å². The molecule has 0 unspecified atom stereocenters. The minimum atomic E-state index is 0.302. The molecule has 0 aliphatic carbocycles. The topological polar surface area (TPSA) is 60.2 Å². The van der Waals surface area contributed by atoms with Crippen LogP contribution in [0.4, 0.5) is 6.01 Å². The number of methoxy groups -OCH3 is 1. The Morgan fingerprint density at radius 3 is 2.92 bits per heavy atom. The highest BCUT2D eigenvalue weighted by Gasteiger charge is 2.05. The molecule has 74 valence electrons. The molecule has 1 aromatic heterocycles. The average molecular weight is 185 g/mol. The summed E-state index contributed by atoms with van der Waals surface area (Å²) in [6, 6.07) is 0.775. The van der Waals surface area contributed by atoms with Gasteiger partial charge in [0.15, 0.2) is 5.82 Å². The van der Waals surface area contributed by atoms with Crippen LogP contribution in [-0.2, 0) is 11.2 Å². The normalized spacial score (nSPS) is 10.8. The Bertz CT molecular complexity index is 247. The second-order valence-corrected chi connectivity index (χ2v) is 3.06. The summed E-state index contributed by atoms with van der Waals surface area (Å²) in [5.74, 6) is 0.671. The number of nitrogens with zero attached hydrogens (tertiary/aromatic N) is 2. The van der Waals surface area contributed by atoms with Gasteiger partial charge in [0, 0.05) is 19.6 Å². The highest BCUT2D eigenvalue weighted by molar-refractivity contribution is 5.19. The second-order valence-electron chi connectivity index (χ2n) is 3.06. The number of aromatic nitrogens is 2. The smallest absolute Gasteiger partial charge is 0.321 e. The first kappa shape index (κ1) is 9.98. The fraction of sp³-hybridized carbons (Fsp3) is 0.750. The predicted molar refractivity (Wildman–Crippen MR) is 48.6 cm³/mol. The van der Waals surface area contributed by atoms with Gasteiger partial charge in [0.05, 0.1) is 6.61 Å². The molecule has 13 heavy (non-hydrogen) atoms. The molecule has 0 saturated heterocycles. The van der Waals surface area contributed by atoms with Crippen LogP contribution in [0.25, 0.3) is 0 Å². The van der Waals surface area contributed by atoms with Crippen molar-refractivity contribution in [2.45, 2.75) is 26.3 Å². The van der Waals surface area contributed by atoms with Crippen molar-refractivity contribution >= 4 is 6.01 Å². The van der Waals surface area contributed by atoms with Crippen LogP contribution >= 0.6 is 0 Å². The third kappa shape index (κ3) is 3.42. The van der Waals surface area contributed by atoms with Crippen molar-refractivity contribution in [2.24, 2.45) is 0 Å². The summed E-state index contributed by atoms with van der Waals surface area (Å²) in [5, 5.41) is 6.80. The Balaban J connectivity index is 2.44. The predicted octanol–water partition coefficient (Wildman–Crippen LogP) is 1.08. The number of hydrogen-bond donors (Lipinski definition) is 1. The molecule has 0 radical (unpaired) electrons. The summed E-state index contributed by atoms with van der Waals surface area (Å²) < 4.78 is 9.84. The number of anilines is 1. The summed E-state index contributed by atoms with van der Waals surface area (Å²) in [4.78, 5) is 4.12. The van der Waals surface area contributed by atoms with Crippen LogP contribution < -0.4 is 5.32 Å². The fourth-order valence-corrected chi connectivity index (χ4v) is 0.854. The van der Waals surface area contributed by atoms with E-state index >= 15 is 0 Å². The summed E-state index contributed by atoms with van der Waals surface area (Å²) in [6.07, 6.45) is 0.680. The molecule has 0 fully saturated rings. The van der Waals surface area contributed by atoms with E-state index in [-0.39, 0.29) is 0 Å². The van der Waals surface area contributed by atoms with E-state index < -0.39 is 0 Å². The first-order valence-electron chi connectivity index (χ1n) is 4.30. The second kappa shape index (κ2) is 4.81. The average Bonchev–Trinajstić information content (AvgIpc) is 2.48. The van der Waals surface area contributed by atoms with E-state index in [1.54, 1.807) is 7.11 Å². The molecule has 5 nitrogen and oxygen atoms in total. The van der Waals surface area contributed by atoms with Crippen molar-refractivity contribution in [1.82, 2.24) is 10.1 Å². The first-order valence-corrected chi connectivity index (χ1v) is 4.30. The molecule has 0 amide bonds. The molecule has 0 aromatic carbocycles. The zero-order chi connectivity index (χ0) is 9.68. The minimum absolute atomic E-state index is 0.302. The van der Waals surface area contributed by atoms with Gasteiger partial charge >= 0.3 is 6.01 Å². The van der Waals surface area contributed by atoms with Crippen LogP contribution in [0.1, 0.15) is 19.7 Å². The molecule has 0 aliphatic heterocycles. The van der Waals surface area contributed by atoms with Gasteiger partial charge in [-0.1, -0.05) is 5.16 Å². The van der Waals surface area contributed by atoms with Crippen molar-refractivity contribution in [3.8, 4) is 0 Å². The van der Waals surface area contributed by atoms with Gasteiger partial charge in [-0.25, -0.2) is 0 Å². The summed E-state index contributed by atoms with van der Waals surface area (Å²) in [7, 11) is 1.65. The zero-order valence-electron chi connectivity index (χ0n) is 8.20. The zero-order valence-corrected chi connectivity index (χ0v) is 8.20. The van der Waals surface area contributed by atoms with Crippen molar-refractivity contribution in [2.75, 3.05) is 19.0 Å². The Kier molecular flexibility index (Phi) is 3.70. The van der Waals surface area contributed by atoms with Gasteiger partial charge in [-0.05, 0) is 13.8 Å². The van der Waals surface area contributed by atoms with Crippen LogP contribution in [-0.4, -0.2) is 29.9 Å². The lowest BCUT2D eigenvalue weighted by Crippen LogP contribution is -2.09. The van der Waals surface area contributed by atoms with Crippen LogP contribution in [0.3, 0.4) is 0 Å². The van der Waals surface area contributed by atoms with Gasteiger partial charge in [0.25, 0.3) is 0 Å². The molecule has 0 saturated carbocycles. The van der Waals surface area contributed by atoms with Gasteiger partial charge in [0.2, 0.25) is 0 Å². The molecular weight excluding hydrogens is 170 g/mol. The molecule has 0 atom stereocenters. The lowest BCUT2D eigenvalue weighted by atomic mass is 10.4. The molecule has 1 N–H and O–H groups in total. The van der Waals surface area contributed by atoms with Crippen LogP contribution in [0.5, 0.6) is 0 Å². The number of ether oxygens (including phenoxy) is 1. The molecule has 1 rings (SSSR count). The molecule has 5 heteroatoms. The summed E-state index contributed by atoms with van der Waals surface area (Å²) in [5.41, 5.74) is 0. The maximum Gasteiger partial charge on any atom is 0.321 e. The van der Waals surface area contributed by atoms with Gasteiger partial charge < -0.3 is 14.6 Å². The van der Waals surface area contributed by atoms with Gasteiger partial charge in [-0.2, -0.15) is 4.98 Å². The highest BCUT2D eigenvalue weighted by Crippen LogP contribution is 2.05. The Morgan fingerprint density at radius 1 is 1.54 bits per heavy atom. The van der Waals surface area contributed by atoms with Crippen molar-refractivity contribution < 1.29 is 9.26 Å². The van der Waals surface area contributed by atoms with Gasteiger partial charge in [-0.3, -0.25) is 0 Å². The summed E-state index contributed by atoms with van der Waals surface area (Å²) >= 11 is 0. The van der Waals surface area contributed by atoms with Crippen molar-refractivity contribution in [1.29, 1.82) is 0 Å². The molecule has 1 heterocycles. The third-order valence-corrected chi connectivity index (χ3v) is 1.41. The molecule has 0 spiro atoms. The molecule has 0 bridgehead atoms. The Labute approximate surface area is 77.5 Å². The van der Waals surface area contributed by atoms with E-state index in [9.17, 15) is 0 Å². The molecule has 0 aliphatic rings. The van der Waals surface area contributed by atoms with Crippen LogP contribution in [0.15, 0.2) is 4.52 Å². The van der Waals surface area contributed by atoms with Crippen LogP contribution in [0, 0.1) is 0 Å². The molecule has 1 aromatic rings. The first-order chi connectivity index (χ1) is 6.22. The van der Waals surface area contributed by atoms with E-state index in [1.807, 2.05) is 13.8 Å². The Hall–Kier alpha value is -1.10. The molecular formula is C8H15N3O2. The third-order valence-electron chi connectivity index (χ3n) is 1.41. The standard InChI is InChI=1S/C8H15N3O2/c1-6(2)9-8-10-7(11-13-8)4-5-12-3/h6H,4-5H2,1-3H3,(H,9,10,11). The van der Waals surface area contributed by atoms with E-state index in [2.05, 4.69) is 15.5 Å². The van der Waals surface area contributed by atoms with E-state index in [1.165, 1.54) is 0 Å². The number of nitrogens with one attached hydrogen (secondary N) is 1. The number of hydrogen-bond acceptors (Lipinski definition) is 5. The minimum Gasteiger partial charge on any atom is -0.384 e. The largest absolute Gasteiger partial charge is 0.384 e.